The summed E-state index contributed by atoms with van der Waals surface area (Å²) >= 11 is 0. The van der Waals surface area contributed by atoms with E-state index in [0.717, 1.165) is 25.1 Å². The molecule has 3 aromatic rings. The van der Waals surface area contributed by atoms with Gasteiger partial charge >= 0.3 is 6.61 Å². The van der Waals surface area contributed by atoms with Crippen LogP contribution in [0.2, 0.25) is 0 Å². The molecule has 1 aliphatic heterocycles. The summed E-state index contributed by atoms with van der Waals surface area (Å²) in [5.41, 5.74) is 1.55. The van der Waals surface area contributed by atoms with E-state index in [1.807, 2.05) is 18.2 Å². The number of alkyl halides is 2. The van der Waals surface area contributed by atoms with Crippen LogP contribution in [-0.4, -0.2) is 35.3 Å². The molecule has 0 spiro atoms. The lowest BCUT2D eigenvalue weighted by atomic mass is 10.0. The standard InChI is InChI=1S/C21H21F2N3O3/c1-27-15-7-4-6-14(12-15)17-9-5-11-26(17)13-19-24-20(25-29-19)16-8-2-3-10-18(16)28-21(22)23/h2-4,6-8,10,12,17,21H,5,9,11,13H2,1H3. The van der Waals surface area contributed by atoms with Crippen LogP contribution >= 0.6 is 0 Å². The first-order valence-corrected chi connectivity index (χ1v) is 9.39. The second-order valence-corrected chi connectivity index (χ2v) is 6.79. The van der Waals surface area contributed by atoms with Crippen molar-refractivity contribution in [2.45, 2.75) is 32.0 Å². The van der Waals surface area contributed by atoms with Gasteiger partial charge in [0.15, 0.2) is 0 Å². The topological polar surface area (TPSA) is 60.6 Å². The molecule has 2 heterocycles. The molecule has 6 nitrogen and oxygen atoms in total. The Morgan fingerprint density at radius 3 is 2.90 bits per heavy atom. The summed E-state index contributed by atoms with van der Waals surface area (Å²) in [5.74, 6) is 1.50. The molecule has 29 heavy (non-hydrogen) atoms. The van der Waals surface area contributed by atoms with Gasteiger partial charge in [0.05, 0.1) is 19.2 Å². The van der Waals surface area contributed by atoms with Crippen LogP contribution in [0.1, 0.15) is 30.3 Å². The highest BCUT2D eigenvalue weighted by molar-refractivity contribution is 5.63. The molecule has 1 fully saturated rings. The number of benzene rings is 2. The molecule has 2 aromatic carbocycles. The minimum absolute atomic E-state index is 0.0188. The first-order valence-electron chi connectivity index (χ1n) is 9.39. The zero-order chi connectivity index (χ0) is 20.2. The molecule has 1 unspecified atom stereocenters. The van der Waals surface area contributed by atoms with Crippen LogP contribution < -0.4 is 9.47 Å². The first-order chi connectivity index (χ1) is 14.1. The van der Waals surface area contributed by atoms with Crippen molar-refractivity contribution in [1.82, 2.24) is 15.0 Å². The van der Waals surface area contributed by atoms with E-state index in [9.17, 15) is 8.78 Å². The second-order valence-electron chi connectivity index (χ2n) is 6.79. The number of rotatable bonds is 7. The lowest BCUT2D eigenvalue weighted by molar-refractivity contribution is -0.0494. The Hall–Kier alpha value is -3.00. The Balaban J connectivity index is 1.52. The van der Waals surface area contributed by atoms with Crippen molar-refractivity contribution in [3.05, 3.63) is 60.0 Å². The summed E-state index contributed by atoms with van der Waals surface area (Å²) in [6, 6.07) is 14.7. The van der Waals surface area contributed by atoms with Gasteiger partial charge in [0.2, 0.25) is 11.7 Å². The maximum Gasteiger partial charge on any atom is 0.387 e. The molecule has 1 saturated heterocycles. The van der Waals surface area contributed by atoms with E-state index in [1.165, 1.54) is 11.6 Å². The van der Waals surface area contributed by atoms with Gasteiger partial charge in [-0.25, -0.2) is 0 Å². The van der Waals surface area contributed by atoms with Gasteiger partial charge in [-0.15, -0.1) is 0 Å². The van der Waals surface area contributed by atoms with Gasteiger partial charge in [0.25, 0.3) is 0 Å². The smallest absolute Gasteiger partial charge is 0.387 e. The van der Waals surface area contributed by atoms with Crippen molar-refractivity contribution >= 4 is 0 Å². The molecule has 1 aromatic heterocycles. The van der Waals surface area contributed by atoms with Crippen molar-refractivity contribution in [2.75, 3.05) is 13.7 Å². The number of hydrogen-bond acceptors (Lipinski definition) is 6. The highest BCUT2D eigenvalue weighted by Gasteiger charge is 2.28. The Kier molecular flexibility index (Phi) is 5.71. The number of nitrogens with zero attached hydrogens (tertiary/aromatic N) is 3. The summed E-state index contributed by atoms with van der Waals surface area (Å²) in [4.78, 5) is 6.68. The molecule has 0 aliphatic carbocycles. The number of hydrogen-bond donors (Lipinski definition) is 0. The van der Waals surface area contributed by atoms with Crippen molar-refractivity contribution in [3.63, 3.8) is 0 Å². The largest absolute Gasteiger partial charge is 0.497 e. The van der Waals surface area contributed by atoms with E-state index in [0.29, 0.717) is 18.0 Å². The molecule has 0 N–H and O–H groups in total. The van der Waals surface area contributed by atoms with E-state index >= 15 is 0 Å². The summed E-state index contributed by atoms with van der Waals surface area (Å²) in [5, 5.41) is 3.96. The zero-order valence-electron chi connectivity index (χ0n) is 15.9. The summed E-state index contributed by atoms with van der Waals surface area (Å²) < 4.78 is 40.6. The number of para-hydroxylation sites is 1. The van der Waals surface area contributed by atoms with Crippen LogP contribution in [0.5, 0.6) is 11.5 Å². The molecule has 0 bridgehead atoms. The molecule has 8 heteroatoms. The molecule has 0 radical (unpaired) electrons. The first kappa shape index (κ1) is 19.3. The minimum Gasteiger partial charge on any atom is -0.497 e. The molecule has 1 aliphatic rings. The van der Waals surface area contributed by atoms with Crippen LogP contribution in [0, 0.1) is 0 Å². The number of aromatic nitrogens is 2. The Bertz CT molecular complexity index is 964. The maximum absolute atomic E-state index is 12.6. The molecule has 1 atom stereocenters. The fourth-order valence-corrected chi connectivity index (χ4v) is 3.69. The molecule has 152 valence electrons. The minimum atomic E-state index is -2.92. The Labute approximate surface area is 167 Å². The van der Waals surface area contributed by atoms with E-state index in [4.69, 9.17) is 9.26 Å². The van der Waals surface area contributed by atoms with Crippen molar-refractivity contribution < 1.29 is 22.8 Å². The van der Waals surface area contributed by atoms with E-state index < -0.39 is 6.61 Å². The third kappa shape index (κ3) is 4.37. The van der Waals surface area contributed by atoms with Gasteiger partial charge in [-0.3, -0.25) is 4.90 Å². The quantitative estimate of drug-likeness (QED) is 0.573. The van der Waals surface area contributed by atoms with Gasteiger partial charge in [-0.2, -0.15) is 13.8 Å². The fraction of sp³-hybridized carbons (Fsp3) is 0.333. The van der Waals surface area contributed by atoms with Gasteiger partial charge in [0.1, 0.15) is 11.5 Å². The number of ether oxygens (including phenoxy) is 2. The summed E-state index contributed by atoms with van der Waals surface area (Å²) in [7, 11) is 1.65. The van der Waals surface area contributed by atoms with Crippen molar-refractivity contribution in [1.29, 1.82) is 0 Å². The average molecular weight is 401 g/mol. The lowest BCUT2D eigenvalue weighted by Crippen LogP contribution is -2.23. The highest BCUT2D eigenvalue weighted by atomic mass is 19.3. The van der Waals surface area contributed by atoms with Crippen LogP contribution in [-0.2, 0) is 6.54 Å². The van der Waals surface area contributed by atoms with Crippen LogP contribution in [0.4, 0.5) is 8.78 Å². The van der Waals surface area contributed by atoms with Gasteiger partial charge < -0.3 is 14.0 Å². The Morgan fingerprint density at radius 2 is 2.07 bits per heavy atom. The predicted octanol–water partition coefficient (Wildman–Crippen LogP) is 4.68. The second kappa shape index (κ2) is 8.57. The third-order valence-corrected chi connectivity index (χ3v) is 4.99. The average Bonchev–Trinajstić information content (AvgIpc) is 3.38. The predicted molar refractivity (Wildman–Crippen MR) is 102 cm³/mol. The lowest BCUT2D eigenvalue weighted by Gasteiger charge is -2.23. The van der Waals surface area contributed by atoms with Gasteiger partial charge in [-0.05, 0) is 49.2 Å². The van der Waals surface area contributed by atoms with Crippen LogP contribution in [0.25, 0.3) is 11.4 Å². The SMILES string of the molecule is COc1cccc(C2CCCN2Cc2nc(-c3ccccc3OC(F)F)no2)c1. The van der Waals surface area contributed by atoms with Crippen LogP contribution in [0.15, 0.2) is 53.1 Å². The molecule has 4 rings (SSSR count). The van der Waals surface area contributed by atoms with Gasteiger partial charge in [0, 0.05) is 6.04 Å². The third-order valence-electron chi connectivity index (χ3n) is 4.99. The van der Waals surface area contributed by atoms with Crippen molar-refractivity contribution in [3.8, 4) is 22.9 Å². The monoisotopic (exact) mass is 401 g/mol. The number of likely N-dealkylation sites (tertiary alicyclic amines) is 1. The van der Waals surface area contributed by atoms with Crippen LogP contribution in [0.3, 0.4) is 0 Å². The molecule has 0 saturated carbocycles. The van der Waals surface area contributed by atoms with Crippen molar-refractivity contribution in [2.24, 2.45) is 0 Å². The highest BCUT2D eigenvalue weighted by Crippen LogP contribution is 2.35. The van der Waals surface area contributed by atoms with Gasteiger partial charge in [-0.1, -0.05) is 29.4 Å². The fourth-order valence-electron chi connectivity index (χ4n) is 3.69. The number of halogens is 2. The molecular formula is C21H21F2N3O3. The molecular weight excluding hydrogens is 380 g/mol. The van der Waals surface area contributed by atoms with E-state index in [2.05, 4.69) is 25.8 Å². The Morgan fingerprint density at radius 1 is 1.21 bits per heavy atom. The number of methoxy groups -OCH3 is 1. The van der Waals surface area contributed by atoms with E-state index in [1.54, 1.807) is 25.3 Å². The summed E-state index contributed by atoms with van der Waals surface area (Å²) in [6.45, 7) is -1.53. The maximum atomic E-state index is 12.6. The molecule has 0 amide bonds. The summed E-state index contributed by atoms with van der Waals surface area (Å²) in [6.07, 6.45) is 2.09. The van der Waals surface area contributed by atoms with E-state index in [-0.39, 0.29) is 17.6 Å². The zero-order valence-corrected chi connectivity index (χ0v) is 15.9. The normalized spacial score (nSPS) is 17.0.